The van der Waals surface area contributed by atoms with Crippen LogP contribution in [-0.4, -0.2) is 40.1 Å². The van der Waals surface area contributed by atoms with Gasteiger partial charge in [0.2, 0.25) is 5.29 Å². The minimum atomic E-state index is -0.193. The van der Waals surface area contributed by atoms with E-state index in [9.17, 15) is 0 Å². The van der Waals surface area contributed by atoms with Crippen LogP contribution in [0.3, 0.4) is 0 Å². The van der Waals surface area contributed by atoms with Gasteiger partial charge < -0.3 is 0 Å². The average molecular weight is 278 g/mol. The van der Waals surface area contributed by atoms with Gasteiger partial charge in [-0.25, -0.2) is 15.4 Å². The van der Waals surface area contributed by atoms with E-state index in [4.69, 9.17) is 11.6 Å². The van der Waals surface area contributed by atoms with E-state index < -0.39 is 0 Å². The van der Waals surface area contributed by atoms with E-state index in [1.165, 1.54) is 0 Å². The Morgan fingerprint density at radius 1 is 1.47 bits per heavy atom. The molecule has 0 radical (unpaired) electrons. The SMILES string of the molecule is CCNC1N=C(SCC)N=C(Cl)N1NC(C)C. The molecule has 0 saturated carbocycles. The van der Waals surface area contributed by atoms with Gasteiger partial charge in [-0.05, 0) is 37.7 Å². The first-order chi connectivity index (χ1) is 8.08. The van der Waals surface area contributed by atoms with E-state index in [0.717, 1.165) is 17.5 Å². The molecule has 7 heteroatoms. The summed E-state index contributed by atoms with van der Waals surface area (Å²) in [5.41, 5.74) is 3.22. The summed E-state index contributed by atoms with van der Waals surface area (Å²) in [6.07, 6.45) is -0.193. The molecule has 0 saturated heterocycles. The van der Waals surface area contributed by atoms with E-state index in [0.29, 0.717) is 5.29 Å². The molecule has 0 amide bonds. The summed E-state index contributed by atoms with van der Waals surface area (Å²) >= 11 is 7.76. The molecule has 1 unspecified atom stereocenters. The van der Waals surface area contributed by atoms with Crippen LogP contribution in [0.4, 0.5) is 0 Å². The molecule has 0 aromatic rings. The molecule has 17 heavy (non-hydrogen) atoms. The van der Waals surface area contributed by atoms with Crippen molar-refractivity contribution < 1.29 is 0 Å². The second kappa shape index (κ2) is 7.20. The Hall–Kier alpha value is -0.300. The van der Waals surface area contributed by atoms with Crippen LogP contribution in [0.2, 0.25) is 0 Å². The van der Waals surface area contributed by atoms with Crippen molar-refractivity contribution in [2.24, 2.45) is 9.98 Å². The molecule has 1 rings (SSSR count). The monoisotopic (exact) mass is 277 g/mol. The number of nitrogens with one attached hydrogen (secondary N) is 2. The first-order valence-corrected chi connectivity index (χ1v) is 7.18. The molecule has 1 aliphatic heterocycles. The lowest BCUT2D eigenvalue weighted by molar-refractivity contribution is 0.185. The number of halogens is 1. The lowest BCUT2D eigenvalue weighted by Crippen LogP contribution is -2.57. The van der Waals surface area contributed by atoms with Crippen LogP contribution in [0.1, 0.15) is 27.7 Å². The summed E-state index contributed by atoms with van der Waals surface area (Å²) < 4.78 is 0. The second-order valence-electron chi connectivity index (χ2n) is 3.81. The number of hydrazine groups is 1. The van der Waals surface area contributed by atoms with E-state index >= 15 is 0 Å². The molecule has 0 bridgehead atoms. The maximum Gasteiger partial charge on any atom is 0.218 e. The third-order valence-corrected chi connectivity index (χ3v) is 2.93. The van der Waals surface area contributed by atoms with E-state index in [1.807, 2.05) is 20.8 Å². The summed E-state index contributed by atoms with van der Waals surface area (Å²) in [5.74, 6) is 0.933. The molecular weight excluding hydrogens is 258 g/mol. The summed E-state index contributed by atoms with van der Waals surface area (Å²) in [6.45, 7) is 9.02. The zero-order chi connectivity index (χ0) is 12.8. The van der Waals surface area contributed by atoms with Gasteiger partial charge in [0.1, 0.15) is 0 Å². The van der Waals surface area contributed by atoms with Crippen LogP contribution < -0.4 is 10.7 Å². The fraction of sp³-hybridized carbons (Fsp3) is 0.800. The molecule has 1 aliphatic rings. The molecular formula is C10H20ClN5S. The lowest BCUT2D eigenvalue weighted by Gasteiger charge is -2.33. The van der Waals surface area contributed by atoms with E-state index in [-0.39, 0.29) is 12.3 Å². The normalized spacial score (nSPS) is 20.6. The highest BCUT2D eigenvalue weighted by atomic mass is 35.5. The number of thioether (sulfide) groups is 1. The highest BCUT2D eigenvalue weighted by Crippen LogP contribution is 2.15. The van der Waals surface area contributed by atoms with Crippen LogP contribution in [0.5, 0.6) is 0 Å². The van der Waals surface area contributed by atoms with Crippen molar-refractivity contribution in [3.8, 4) is 0 Å². The Labute approximate surface area is 112 Å². The summed E-state index contributed by atoms with van der Waals surface area (Å²) in [6, 6.07) is 0.274. The van der Waals surface area contributed by atoms with E-state index in [1.54, 1.807) is 16.8 Å². The molecule has 98 valence electrons. The Balaban J connectivity index is 2.80. The van der Waals surface area contributed by atoms with Crippen molar-refractivity contribution in [3.63, 3.8) is 0 Å². The topological polar surface area (TPSA) is 52.0 Å². The summed E-state index contributed by atoms with van der Waals surface area (Å²) in [5, 5.41) is 6.17. The van der Waals surface area contributed by atoms with Crippen LogP contribution in [0.15, 0.2) is 9.98 Å². The van der Waals surface area contributed by atoms with Crippen molar-refractivity contribution >= 4 is 33.8 Å². The van der Waals surface area contributed by atoms with Gasteiger partial charge in [0, 0.05) is 6.04 Å². The second-order valence-corrected chi connectivity index (χ2v) is 5.38. The lowest BCUT2D eigenvalue weighted by atomic mass is 10.4. The predicted octanol–water partition coefficient (Wildman–Crippen LogP) is 1.81. The van der Waals surface area contributed by atoms with Crippen LogP contribution in [0.25, 0.3) is 0 Å². The van der Waals surface area contributed by atoms with Crippen molar-refractivity contribution in [2.75, 3.05) is 12.3 Å². The maximum absolute atomic E-state index is 6.17. The number of amidine groups is 2. The van der Waals surface area contributed by atoms with Crippen LogP contribution >= 0.6 is 23.4 Å². The average Bonchev–Trinajstić information content (AvgIpc) is 2.23. The number of aliphatic imine (C=N–C) groups is 2. The molecule has 0 spiro atoms. The molecule has 5 nitrogen and oxygen atoms in total. The zero-order valence-electron chi connectivity index (χ0n) is 10.7. The molecule has 1 atom stereocenters. The van der Waals surface area contributed by atoms with Crippen LogP contribution in [0, 0.1) is 0 Å². The molecule has 2 N–H and O–H groups in total. The minimum Gasteiger partial charge on any atom is -0.278 e. The quantitative estimate of drug-likeness (QED) is 0.753. The molecule has 0 aromatic heterocycles. The minimum absolute atomic E-state index is 0.193. The highest BCUT2D eigenvalue weighted by molar-refractivity contribution is 8.13. The number of hydrogen-bond donors (Lipinski definition) is 2. The Morgan fingerprint density at radius 3 is 2.71 bits per heavy atom. The summed E-state index contributed by atoms with van der Waals surface area (Å²) in [4.78, 5) is 8.76. The van der Waals surface area contributed by atoms with Gasteiger partial charge in [0.05, 0.1) is 0 Å². The molecule has 0 aliphatic carbocycles. The predicted molar refractivity (Wildman–Crippen MR) is 76.4 cm³/mol. The largest absolute Gasteiger partial charge is 0.278 e. The smallest absolute Gasteiger partial charge is 0.218 e. The van der Waals surface area contributed by atoms with Crippen molar-refractivity contribution in [1.29, 1.82) is 0 Å². The number of hydrogen-bond acceptors (Lipinski definition) is 6. The Morgan fingerprint density at radius 2 is 2.18 bits per heavy atom. The first-order valence-electron chi connectivity index (χ1n) is 5.82. The molecule has 0 fully saturated rings. The van der Waals surface area contributed by atoms with Gasteiger partial charge in [-0.3, -0.25) is 5.32 Å². The van der Waals surface area contributed by atoms with Crippen LogP contribution in [-0.2, 0) is 0 Å². The van der Waals surface area contributed by atoms with Gasteiger partial charge in [-0.15, -0.1) is 0 Å². The fourth-order valence-corrected chi connectivity index (χ4v) is 2.20. The number of nitrogens with zero attached hydrogens (tertiary/aromatic N) is 3. The van der Waals surface area contributed by atoms with Gasteiger partial charge in [-0.2, -0.15) is 4.99 Å². The van der Waals surface area contributed by atoms with Gasteiger partial charge in [-0.1, -0.05) is 25.6 Å². The third kappa shape index (κ3) is 4.46. The highest BCUT2D eigenvalue weighted by Gasteiger charge is 2.25. The Bertz CT molecular complexity index is 305. The third-order valence-electron chi connectivity index (χ3n) is 1.92. The van der Waals surface area contributed by atoms with E-state index in [2.05, 4.69) is 27.7 Å². The maximum atomic E-state index is 6.17. The Kier molecular flexibility index (Phi) is 6.26. The fourth-order valence-electron chi connectivity index (χ4n) is 1.35. The molecule has 0 aromatic carbocycles. The van der Waals surface area contributed by atoms with Gasteiger partial charge >= 0.3 is 0 Å². The zero-order valence-corrected chi connectivity index (χ0v) is 12.3. The van der Waals surface area contributed by atoms with Crippen molar-refractivity contribution in [3.05, 3.63) is 0 Å². The molecule has 1 heterocycles. The van der Waals surface area contributed by atoms with Crippen molar-refractivity contribution in [1.82, 2.24) is 15.8 Å². The van der Waals surface area contributed by atoms with Crippen molar-refractivity contribution in [2.45, 2.75) is 40.0 Å². The summed E-state index contributed by atoms with van der Waals surface area (Å²) in [7, 11) is 0. The number of rotatable bonds is 5. The van der Waals surface area contributed by atoms with Gasteiger partial charge in [0.15, 0.2) is 11.5 Å². The van der Waals surface area contributed by atoms with Gasteiger partial charge in [0.25, 0.3) is 0 Å². The first kappa shape index (κ1) is 14.8. The standard InChI is InChI=1S/C10H20ClN5S/c1-5-12-9-14-10(17-6-2)13-8(11)16(9)15-7(3)4/h7,9,12,15H,5-6H2,1-4H3.